The van der Waals surface area contributed by atoms with E-state index in [0.29, 0.717) is 12.1 Å². The molecule has 0 aliphatic heterocycles. The highest BCUT2D eigenvalue weighted by atomic mass is 32.1. The number of ether oxygens (including phenoxy) is 1. The van der Waals surface area contributed by atoms with Crippen molar-refractivity contribution in [3.05, 3.63) is 94.7 Å². The maximum absolute atomic E-state index is 13.5. The summed E-state index contributed by atoms with van der Waals surface area (Å²) in [6, 6.07) is 19.5. The van der Waals surface area contributed by atoms with E-state index in [-0.39, 0.29) is 11.9 Å². The van der Waals surface area contributed by atoms with Crippen molar-refractivity contribution >= 4 is 17.2 Å². The van der Waals surface area contributed by atoms with E-state index < -0.39 is 0 Å². The van der Waals surface area contributed by atoms with Gasteiger partial charge in [0, 0.05) is 29.4 Å². The molecule has 2 heterocycles. The van der Waals surface area contributed by atoms with Crippen LogP contribution in [0.15, 0.2) is 78.7 Å². The van der Waals surface area contributed by atoms with Gasteiger partial charge in [0.1, 0.15) is 18.4 Å². The number of aromatic nitrogens is 3. The smallest absolute Gasteiger partial charge is 0.254 e. The molecule has 1 atom stereocenters. The molecule has 0 unspecified atom stereocenters. The molecule has 158 valence electrons. The molecule has 0 aliphatic carbocycles. The van der Waals surface area contributed by atoms with E-state index in [1.807, 2.05) is 59.5 Å². The zero-order valence-corrected chi connectivity index (χ0v) is 18.3. The van der Waals surface area contributed by atoms with E-state index in [1.165, 1.54) is 11.2 Å². The summed E-state index contributed by atoms with van der Waals surface area (Å²) in [6.45, 7) is 2.63. The average molecular weight is 433 g/mol. The van der Waals surface area contributed by atoms with E-state index >= 15 is 0 Å². The van der Waals surface area contributed by atoms with Gasteiger partial charge in [-0.1, -0.05) is 18.2 Å². The summed E-state index contributed by atoms with van der Waals surface area (Å²) in [5.41, 5.74) is 2.57. The molecule has 0 N–H and O–H groups in total. The van der Waals surface area contributed by atoms with Crippen LogP contribution >= 0.6 is 11.3 Å². The summed E-state index contributed by atoms with van der Waals surface area (Å²) in [5.74, 6) is 0.807. The molecule has 0 radical (unpaired) electrons. The fourth-order valence-corrected chi connectivity index (χ4v) is 4.28. The number of carbonyl (C=O) groups is 1. The highest BCUT2D eigenvalue weighted by Crippen LogP contribution is 2.21. The Bertz CT molecular complexity index is 1090. The lowest BCUT2D eigenvalue weighted by atomic mass is 10.1. The van der Waals surface area contributed by atoms with Crippen molar-refractivity contribution in [1.82, 2.24) is 19.7 Å². The van der Waals surface area contributed by atoms with Crippen LogP contribution in [0.5, 0.6) is 5.75 Å². The van der Waals surface area contributed by atoms with Crippen LogP contribution in [0.2, 0.25) is 0 Å². The Morgan fingerprint density at radius 3 is 2.52 bits per heavy atom. The Kier molecular flexibility index (Phi) is 6.43. The van der Waals surface area contributed by atoms with Gasteiger partial charge < -0.3 is 9.64 Å². The first kappa shape index (κ1) is 20.8. The minimum absolute atomic E-state index is 0.00464. The molecular weight excluding hydrogens is 408 g/mol. The van der Waals surface area contributed by atoms with Crippen molar-refractivity contribution < 1.29 is 9.53 Å². The SMILES string of the molecule is COc1ccc(CN(C(=O)c2ccc(-n3cncn3)cc2)[C@@H](C)Cc2cccs2)cc1. The van der Waals surface area contributed by atoms with Gasteiger partial charge in [0.2, 0.25) is 0 Å². The largest absolute Gasteiger partial charge is 0.497 e. The molecule has 6 nitrogen and oxygen atoms in total. The third-order valence-electron chi connectivity index (χ3n) is 5.18. The average Bonchev–Trinajstić information content (AvgIpc) is 3.52. The van der Waals surface area contributed by atoms with Crippen molar-refractivity contribution in [1.29, 1.82) is 0 Å². The molecule has 7 heteroatoms. The normalized spacial score (nSPS) is 11.8. The molecule has 4 aromatic rings. The maximum Gasteiger partial charge on any atom is 0.254 e. The molecule has 0 saturated heterocycles. The van der Waals surface area contributed by atoms with Gasteiger partial charge >= 0.3 is 0 Å². The third kappa shape index (κ3) is 5.00. The topological polar surface area (TPSA) is 60.2 Å². The summed E-state index contributed by atoms with van der Waals surface area (Å²) in [5, 5.41) is 6.21. The van der Waals surface area contributed by atoms with Crippen molar-refractivity contribution in [2.24, 2.45) is 0 Å². The van der Waals surface area contributed by atoms with Crippen LogP contribution < -0.4 is 4.74 Å². The van der Waals surface area contributed by atoms with Gasteiger partial charge in [0.05, 0.1) is 12.8 Å². The van der Waals surface area contributed by atoms with E-state index in [4.69, 9.17) is 4.74 Å². The fourth-order valence-electron chi connectivity index (χ4n) is 3.45. The number of amides is 1. The first-order valence-corrected chi connectivity index (χ1v) is 10.9. The Morgan fingerprint density at radius 1 is 1.13 bits per heavy atom. The molecule has 4 rings (SSSR count). The Balaban J connectivity index is 1.57. The van der Waals surface area contributed by atoms with E-state index in [1.54, 1.807) is 29.5 Å². The van der Waals surface area contributed by atoms with Crippen molar-refractivity contribution in [2.75, 3.05) is 7.11 Å². The number of carbonyl (C=O) groups excluding carboxylic acids is 1. The Labute approximate surface area is 185 Å². The van der Waals surface area contributed by atoms with Crippen LogP contribution in [0.25, 0.3) is 5.69 Å². The van der Waals surface area contributed by atoms with Gasteiger partial charge in [-0.15, -0.1) is 11.3 Å². The van der Waals surface area contributed by atoms with Gasteiger partial charge in [0.25, 0.3) is 5.91 Å². The molecular formula is C24H24N4O2S. The minimum Gasteiger partial charge on any atom is -0.497 e. The lowest BCUT2D eigenvalue weighted by Crippen LogP contribution is -2.39. The first-order chi connectivity index (χ1) is 15.1. The van der Waals surface area contributed by atoms with Crippen molar-refractivity contribution in [3.63, 3.8) is 0 Å². The number of hydrogen-bond acceptors (Lipinski definition) is 5. The second-order valence-corrected chi connectivity index (χ2v) is 8.33. The van der Waals surface area contributed by atoms with E-state index in [2.05, 4.69) is 28.5 Å². The van der Waals surface area contributed by atoms with E-state index in [9.17, 15) is 4.79 Å². The molecule has 0 fully saturated rings. The number of benzene rings is 2. The monoisotopic (exact) mass is 432 g/mol. The zero-order valence-electron chi connectivity index (χ0n) is 17.5. The van der Waals surface area contributed by atoms with Crippen LogP contribution in [0.4, 0.5) is 0 Å². The summed E-state index contributed by atoms with van der Waals surface area (Å²) in [4.78, 5) is 20.7. The van der Waals surface area contributed by atoms with Crippen LogP contribution in [-0.2, 0) is 13.0 Å². The highest BCUT2D eigenvalue weighted by Gasteiger charge is 2.22. The summed E-state index contributed by atoms with van der Waals surface area (Å²) >= 11 is 1.72. The number of thiophene rings is 1. The lowest BCUT2D eigenvalue weighted by molar-refractivity contribution is 0.0676. The van der Waals surface area contributed by atoms with E-state index in [0.717, 1.165) is 23.4 Å². The third-order valence-corrected chi connectivity index (χ3v) is 6.08. The molecule has 0 aliphatic rings. The Morgan fingerprint density at radius 2 is 1.90 bits per heavy atom. The second kappa shape index (κ2) is 9.57. The Hall–Kier alpha value is -3.45. The number of rotatable bonds is 8. The number of nitrogens with zero attached hydrogens (tertiary/aromatic N) is 4. The first-order valence-electron chi connectivity index (χ1n) is 10.1. The van der Waals surface area contributed by atoms with Gasteiger partial charge in [-0.2, -0.15) is 5.10 Å². The maximum atomic E-state index is 13.5. The number of methoxy groups -OCH3 is 1. The quantitative estimate of drug-likeness (QED) is 0.408. The lowest BCUT2D eigenvalue weighted by Gasteiger charge is -2.29. The van der Waals surface area contributed by atoms with Gasteiger partial charge in [0.15, 0.2) is 0 Å². The van der Waals surface area contributed by atoms with Crippen LogP contribution in [0.1, 0.15) is 27.7 Å². The van der Waals surface area contributed by atoms with Crippen LogP contribution in [0.3, 0.4) is 0 Å². The van der Waals surface area contributed by atoms with Gasteiger partial charge in [-0.25, -0.2) is 9.67 Å². The van der Waals surface area contributed by atoms with Crippen molar-refractivity contribution in [3.8, 4) is 11.4 Å². The molecule has 0 bridgehead atoms. The second-order valence-electron chi connectivity index (χ2n) is 7.30. The molecule has 31 heavy (non-hydrogen) atoms. The molecule has 2 aromatic heterocycles. The van der Waals surface area contributed by atoms with Crippen LogP contribution in [0, 0.1) is 0 Å². The summed E-state index contributed by atoms with van der Waals surface area (Å²) in [7, 11) is 1.65. The predicted octanol–water partition coefficient (Wildman–Crippen LogP) is 4.61. The molecule has 2 aromatic carbocycles. The van der Waals surface area contributed by atoms with Gasteiger partial charge in [-0.3, -0.25) is 4.79 Å². The zero-order chi connectivity index (χ0) is 21.6. The van der Waals surface area contributed by atoms with Crippen molar-refractivity contribution in [2.45, 2.75) is 25.9 Å². The molecule has 0 spiro atoms. The minimum atomic E-state index is 0.00464. The predicted molar refractivity (Wildman–Crippen MR) is 122 cm³/mol. The molecule has 0 saturated carbocycles. The molecule has 1 amide bonds. The van der Waals surface area contributed by atoms with Crippen LogP contribution in [-0.4, -0.2) is 38.7 Å². The van der Waals surface area contributed by atoms with Gasteiger partial charge in [-0.05, 0) is 60.3 Å². The summed E-state index contributed by atoms with van der Waals surface area (Å²) in [6.07, 6.45) is 3.94. The fraction of sp³-hybridized carbons (Fsp3) is 0.208. The highest BCUT2D eigenvalue weighted by molar-refractivity contribution is 7.09. The summed E-state index contributed by atoms with van der Waals surface area (Å²) < 4.78 is 6.93. The number of hydrogen-bond donors (Lipinski definition) is 0. The standard InChI is InChI=1S/C24H24N4O2S/c1-18(14-23-4-3-13-31-23)27(15-19-5-11-22(30-2)12-6-19)24(29)20-7-9-21(10-8-20)28-17-25-16-26-28/h3-13,16-18H,14-15H2,1-2H3/t18-/m0/s1.